The highest BCUT2D eigenvalue weighted by Gasteiger charge is 2.20. The zero-order valence-electron chi connectivity index (χ0n) is 9.63. The molecule has 1 unspecified atom stereocenters. The van der Waals surface area contributed by atoms with Gasteiger partial charge in [-0.2, -0.15) is 5.26 Å². The molecule has 1 aliphatic rings. The summed E-state index contributed by atoms with van der Waals surface area (Å²) in [5, 5.41) is 19.2. The van der Waals surface area contributed by atoms with E-state index in [4.69, 9.17) is 5.26 Å². The van der Waals surface area contributed by atoms with E-state index in [1.807, 2.05) is 24.3 Å². The molecule has 0 fully saturated rings. The Morgan fingerprint density at radius 1 is 1.17 bits per heavy atom. The van der Waals surface area contributed by atoms with Gasteiger partial charge in [0.2, 0.25) is 0 Å². The summed E-state index contributed by atoms with van der Waals surface area (Å²) in [7, 11) is 0. The van der Waals surface area contributed by atoms with Gasteiger partial charge in [-0.3, -0.25) is 0 Å². The first-order chi connectivity index (χ1) is 8.78. The molecule has 0 aromatic heterocycles. The zero-order chi connectivity index (χ0) is 12.5. The number of nitrogens with zero attached hydrogens (tertiary/aromatic N) is 1. The lowest BCUT2D eigenvalue weighted by Gasteiger charge is -2.11. The summed E-state index contributed by atoms with van der Waals surface area (Å²) in [5.74, 6) is 0. The molecule has 88 valence electrons. The van der Waals surface area contributed by atoms with Gasteiger partial charge in [0.1, 0.15) is 0 Å². The molecule has 0 bridgehead atoms. The third-order valence-corrected chi connectivity index (χ3v) is 4.31. The molecule has 0 radical (unpaired) electrons. The molecule has 1 heterocycles. The van der Waals surface area contributed by atoms with Crippen molar-refractivity contribution in [2.75, 3.05) is 0 Å². The van der Waals surface area contributed by atoms with E-state index in [0.29, 0.717) is 12.0 Å². The van der Waals surface area contributed by atoms with Gasteiger partial charge in [0.05, 0.1) is 17.7 Å². The Bertz CT molecular complexity index is 645. The minimum Gasteiger partial charge on any atom is -0.388 e. The van der Waals surface area contributed by atoms with Crippen LogP contribution in [0.4, 0.5) is 0 Å². The number of hydrogen-bond acceptors (Lipinski definition) is 3. The van der Waals surface area contributed by atoms with Crippen LogP contribution in [0.1, 0.15) is 22.8 Å². The summed E-state index contributed by atoms with van der Waals surface area (Å²) in [6, 6.07) is 15.7. The molecule has 2 nitrogen and oxygen atoms in total. The number of hydrogen-bond donors (Lipinski definition) is 1. The summed E-state index contributed by atoms with van der Waals surface area (Å²) < 4.78 is 0. The minimum absolute atomic E-state index is 0.538. The topological polar surface area (TPSA) is 44.0 Å². The Morgan fingerprint density at radius 2 is 2.00 bits per heavy atom. The fourth-order valence-electron chi connectivity index (χ4n) is 2.18. The van der Waals surface area contributed by atoms with E-state index in [1.165, 1.54) is 4.90 Å². The first kappa shape index (κ1) is 11.3. The van der Waals surface area contributed by atoms with Crippen LogP contribution in [0, 0.1) is 11.3 Å². The molecule has 1 N–H and O–H groups in total. The van der Waals surface area contributed by atoms with Crippen molar-refractivity contribution in [3.8, 4) is 6.07 Å². The number of benzene rings is 2. The van der Waals surface area contributed by atoms with Gasteiger partial charge in [0, 0.05) is 16.2 Å². The van der Waals surface area contributed by atoms with Crippen molar-refractivity contribution >= 4 is 11.8 Å². The van der Waals surface area contributed by atoms with Crippen LogP contribution < -0.4 is 0 Å². The second-order valence-corrected chi connectivity index (χ2v) is 5.38. The van der Waals surface area contributed by atoms with Gasteiger partial charge in [-0.15, -0.1) is 0 Å². The number of nitriles is 1. The van der Waals surface area contributed by atoms with Crippen LogP contribution in [0.5, 0.6) is 0 Å². The third-order valence-electron chi connectivity index (χ3n) is 3.10. The molecule has 2 aromatic carbocycles. The van der Waals surface area contributed by atoms with Crippen molar-refractivity contribution in [2.45, 2.75) is 22.3 Å². The second kappa shape index (κ2) is 4.49. The van der Waals surface area contributed by atoms with E-state index in [-0.39, 0.29) is 0 Å². The van der Waals surface area contributed by atoms with Crippen LogP contribution in [-0.4, -0.2) is 5.11 Å². The Balaban J connectivity index is 2.13. The number of fused-ring (bicyclic) bond motifs is 2. The lowest BCUT2D eigenvalue weighted by atomic mass is 10.00. The predicted octanol–water partition coefficient (Wildman–Crippen LogP) is 3.30. The van der Waals surface area contributed by atoms with Gasteiger partial charge < -0.3 is 5.11 Å². The quantitative estimate of drug-likeness (QED) is 0.783. The Labute approximate surface area is 110 Å². The van der Waals surface area contributed by atoms with E-state index < -0.39 is 6.10 Å². The van der Waals surface area contributed by atoms with Crippen molar-refractivity contribution in [1.29, 1.82) is 5.26 Å². The van der Waals surface area contributed by atoms with Crippen molar-refractivity contribution in [3.05, 3.63) is 59.2 Å². The van der Waals surface area contributed by atoms with Crippen LogP contribution in [0.25, 0.3) is 0 Å². The third kappa shape index (κ3) is 1.90. The van der Waals surface area contributed by atoms with Gasteiger partial charge in [-0.05, 0) is 35.4 Å². The van der Waals surface area contributed by atoms with Crippen LogP contribution in [-0.2, 0) is 6.42 Å². The van der Waals surface area contributed by atoms with E-state index >= 15 is 0 Å². The lowest BCUT2D eigenvalue weighted by molar-refractivity contribution is 0.175. The van der Waals surface area contributed by atoms with E-state index in [0.717, 1.165) is 16.0 Å². The lowest BCUT2D eigenvalue weighted by Crippen LogP contribution is -2.01. The fraction of sp³-hybridized carbons (Fsp3) is 0.133. The summed E-state index contributed by atoms with van der Waals surface area (Å²) in [4.78, 5) is 2.21. The standard InChI is InChI=1S/C15H11NOS/c16-9-10-5-6-15-12(7-10)13(17)8-11-3-1-2-4-14(11)18-15/h1-7,13,17H,8H2. The average Bonchev–Trinajstić information content (AvgIpc) is 2.54. The number of aliphatic hydroxyl groups excluding tert-OH is 1. The number of rotatable bonds is 0. The number of aliphatic hydroxyl groups is 1. The van der Waals surface area contributed by atoms with Crippen molar-refractivity contribution in [2.24, 2.45) is 0 Å². The van der Waals surface area contributed by atoms with E-state index in [2.05, 4.69) is 12.1 Å². The predicted molar refractivity (Wildman–Crippen MR) is 70.4 cm³/mol. The molecule has 1 atom stereocenters. The van der Waals surface area contributed by atoms with Crippen molar-refractivity contribution in [1.82, 2.24) is 0 Å². The Hall–Kier alpha value is -1.76. The van der Waals surface area contributed by atoms with Gasteiger partial charge in [-0.1, -0.05) is 30.0 Å². The minimum atomic E-state index is -0.538. The molecule has 0 amide bonds. The van der Waals surface area contributed by atoms with Crippen LogP contribution in [0.2, 0.25) is 0 Å². The first-order valence-corrected chi connectivity index (χ1v) is 6.57. The molecule has 0 aliphatic carbocycles. The van der Waals surface area contributed by atoms with Gasteiger partial charge in [-0.25, -0.2) is 0 Å². The average molecular weight is 253 g/mol. The molecule has 0 spiro atoms. The highest BCUT2D eigenvalue weighted by Crippen LogP contribution is 2.40. The summed E-state index contributed by atoms with van der Waals surface area (Å²) >= 11 is 1.66. The van der Waals surface area contributed by atoms with Crippen molar-refractivity contribution < 1.29 is 5.11 Å². The maximum atomic E-state index is 10.3. The molecule has 0 saturated heterocycles. The van der Waals surface area contributed by atoms with Gasteiger partial charge >= 0.3 is 0 Å². The molecular weight excluding hydrogens is 242 g/mol. The highest BCUT2D eigenvalue weighted by atomic mass is 32.2. The molecule has 1 aliphatic heterocycles. The maximum Gasteiger partial charge on any atom is 0.0991 e. The highest BCUT2D eigenvalue weighted by molar-refractivity contribution is 7.99. The largest absolute Gasteiger partial charge is 0.388 e. The Kier molecular flexibility index (Phi) is 2.83. The second-order valence-electron chi connectivity index (χ2n) is 4.29. The molecule has 2 aromatic rings. The van der Waals surface area contributed by atoms with Crippen LogP contribution in [0.3, 0.4) is 0 Å². The van der Waals surface area contributed by atoms with Gasteiger partial charge in [0.15, 0.2) is 0 Å². The summed E-state index contributed by atoms with van der Waals surface area (Å²) in [6.07, 6.45) is 0.0647. The fourth-order valence-corrected chi connectivity index (χ4v) is 3.30. The Morgan fingerprint density at radius 3 is 2.83 bits per heavy atom. The van der Waals surface area contributed by atoms with Crippen molar-refractivity contribution in [3.63, 3.8) is 0 Å². The van der Waals surface area contributed by atoms with Crippen LogP contribution >= 0.6 is 11.8 Å². The molecule has 3 heteroatoms. The monoisotopic (exact) mass is 253 g/mol. The van der Waals surface area contributed by atoms with E-state index in [9.17, 15) is 5.11 Å². The zero-order valence-corrected chi connectivity index (χ0v) is 10.4. The molecule has 18 heavy (non-hydrogen) atoms. The maximum absolute atomic E-state index is 10.3. The molecule has 0 saturated carbocycles. The van der Waals surface area contributed by atoms with Gasteiger partial charge in [0.25, 0.3) is 0 Å². The molecular formula is C15H11NOS. The SMILES string of the molecule is N#Cc1ccc2c(c1)C(O)Cc1ccccc1S2. The van der Waals surface area contributed by atoms with Crippen LogP contribution in [0.15, 0.2) is 52.3 Å². The smallest absolute Gasteiger partial charge is 0.0991 e. The summed E-state index contributed by atoms with van der Waals surface area (Å²) in [5.41, 5.74) is 2.61. The first-order valence-electron chi connectivity index (χ1n) is 5.76. The molecule has 3 rings (SSSR count). The van der Waals surface area contributed by atoms with E-state index in [1.54, 1.807) is 23.9 Å². The normalized spacial score (nSPS) is 17.2. The summed E-state index contributed by atoms with van der Waals surface area (Å²) in [6.45, 7) is 0.